The molecule has 1 nitrogen and oxygen atoms in total. The highest BCUT2D eigenvalue weighted by molar-refractivity contribution is 9.12. The normalized spacial score (nSPS) is 14.8. The molecule has 1 aromatic heterocycles. The van der Waals surface area contributed by atoms with E-state index in [9.17, 15) is 0 Å². The van der Waals surface area contributed by atoms with Crippen molar-refractivity contribution in [1.82, 2.24) is 0 Å². The van der Waals surface area contributed by atoms with Gasteiger partial charge in [-0.15, -0.1) is 11.3 Å². The van der Waals surface area contributed by atoms with E-state index in [1.165, 1.54) is 14.2 Å². The van der Waals surface area contributed by atoms with Crippen LogP contribution < -0.4 is 0 Å². The predicted octanol–water partition coefficient (Wildman–Crippen LogP) is 4.31. The molecule has 1 aliphatic rings. The quantitative estimate of drug-likeness (QED) is 0.675. The summed E-state index contributed by atoms with van der Waals surface area (Å²) in [5, 5.41) is 0. The molecule has 0 unspecified atom stereocenters. The van der Waals surface area contributed by atoms with Crippen molar-refractivity contribution in [3.63, 3.8) is 0 Å². The molecular formula is C8H7Br2NS2. The van der Waals surface area contributed by atoms with Gasteiger partial charge in [0.05, 0.1) is 7.57 Å². The van der Waals surface area contributed by atoms with Crippen LogP contribution in [0, 0.1) is 0 Å². The molecular weight excluding hydrogens is 334 g/mol. The average molecular weight is 341 g/mol. The molecule has 0 aliphatic carbocycles. The molecule has 0 spiro atoms. The highest BCUT2D eigenvalue weighted by Gasteiger charge is 2.17. The van der Waals surface area contributed by atoms with Gasteiger partial charge in [-0.05, 0) is 49.4 Å². The lowest BCUT2D eigenvalue weighted by Gasteiger charge is -2.05. The van der Waals surface area contributed by atoms with Crippen molar-refractivity contribution in [2.75, 3.05) is 0 Å². The third kappa shape index (κ3) is 1.84. The predicted molar refractivity (Wildman–Crippen MR) is 68.2 cm³/mol. The monoisotopic (exact) mass is 339 g/mol. The van der Waals surface area contributed by atoms with E-state index in [-0.39, 0.29) is 0 Å². The largest absolute Gasteiger partial charge is 0.191 e. The third-order valence-corrected chi connectivity index (χ3v) is 5.51. The van der Waals surface area contributed by atoms with Crippen LogP contribution in [0.2, 0.25) is 0 Å². The molecule has 0 N–H and O–H groups in total. The van der Waals surface area contributed by atoms with Crippen molar-refractivity contribution in [2.45, 2.75) is 19.8 Å². The molecule has 0 saturated carbocycles. The average Bonchev–Trinajstić information content (AvgIpc) is 2.42. The maximum absolute atomic E-state index is 4.48. The molecule has 0 amide bonds. The van der Waals surface area contributed by atoms with Gasteiger partial charge in [-0.3, -0.25) is 0 Å². The van der Waals surface area contributed by atoms with Gasteiger partial charge in [0.25, 0.3) is 0 Å². The van der Waals surface area contributed by atoms with Gasteiger partial charge in [0.15, 0.2) is 0 Å². The zero-order valence-corrected chi connectivity index (χ0v) is 11.7. The van der Waals surface area contributed by atoms with Crippen LogP contribution >= 0.6 is 43.2 Å². The van der Waals surface area contributed by atoms with Gasteiger partial charge in [0, 0.05) is 16.8 Å². The van der Waals surface area contributed by atoms with E-state index in [0.29, 0.717) is 0 Å². The Morgan fingerprint density at radius 1 is 1.38 bits per heavy atom. The van der Waals surface area contributed by atoms with E-state index in [4.69, 9.17) is 0 Å². The first-order valence-electron chi connectivity index (χ1n) is 3.91. The van der Waals surface area contributed by atoms with Crippen LogP contribution in [0.25, 0.3) is 0 Å². The van der Waals surface area contributed by atoms with Crippen molar-refractivity contribution in [3.8, 4) is 0 Å². The molecule has 5 heteroatoms. The summed E-state index contributed by atoms with van der Waals surface area (Å²) in [6, 6.07) is 0. The highest BCUT2D eigenvalue weighted by atomic mass is 79.9. The number of thiophene rings is 1. The number of rotatable bonds is 1. The second kappa shape index (κ2) is 3.96. The molecule has 1 aromatic rings. The lowest BCUT2D eigenvalue weighted by molar-refractivity contribution is 1.22. The van der Waals surface area contributed by atoms with E-state index in [0.717, 1.165) is 22.3 Å². The fourth-order valence-electron chi connectivity index (χ4n) is 1.17. The Kier molecular flexibility index (Phi) is 3.07. The summed E-state index contributed by atoms with van der Waals surface area (Å²) in [6.45, 7) is 2.18. The number of fused-ring (bicyclic) bond motifs is 1. The lowest BCUT2D eigenvalue weighted by Crippen LogP contribution is -2.03. The van der Waals surface area contributed by atoms with Crippen molar-refractivity contribution >= 4 is 64.9 Å². The third-order valence-electron chi connectivity index (χ3n) is 1.92. The van der Waals surface area contributed by atoms with E-state index in [1.54, 1.807) is 22.5 Å². The van der Waals surface area contributed by atoms with Gasteiger partial charge >= 0.3 is 0 Å². The molecule has 0 fully saturated rings. The maximum atomic E-state index is 4.48. The smallest absolute Gasteiger partial charge is 0.106 e. The maximum Gasteiger partial charge on any atom is 0.106 e. The summed E-state index contributed by atoms with van der Waals surface area (Å²) in [4.78, 5) is 1.44. The molecule has 1 aliphatic heterocycles. The summed E-state index contributed by atoms with van der Waals surface area (Å²) in [5.74, 6) is 0. The van der Waals surface area contributed by atoms with E-state index >= 15 is 0 Å². The zero-order chi connectivity index (χ0) is 9.42. The van der Waals surface area contributed by atoms with Gasteiger partial charge in [-0.25, -0.2) is 0 Å². The van der Waals surface area contributed by atoms with Crippen LogP contribution in [-0.4, -0.2) is 4.86 Å². The van der Waals surface area contributed by atoms with Crippen LogP contribution in [0.4, 0.5) is 5.69 Å². The summed E-state index contributed by atoms with van der Waals surface area (Å²) in [5.41, 5.74) is 2.46. The Morgan fingerprint density at radius 3 is 2.85 bits per heavy atom. The highest BCUT2D eigenvalue weighted by Crippen LogP contribution is 2.44. The van der Waals surface area contributed by atoms with Gasteiger partial charge in [-0.2, -0.15) is 4.36 Å². The first-order chi connectivity index (χ1) is 6.22. The molecule has 2 heterocycles. The van der Waals surface area contributed by atoms with Crippen molar-refractivity contribution in [2.24, 2.45) is 4.36 Å². The Labute approximate surface area is 102 Å². The lowest BCUT2D eigenvalue weighted by atomic mass is 10.1. The van der Waals surface area contributed by atoms with Crippen LogP contribution in [0.5, 0.6) is 0 Å². The summed E-state index contributed by atoms with van der Waals surface area (Å²) in [7, 11) is 0. The van der Waals surface area contributed by atoms with Crippen LogP contribution in [0.3, 0.4) is 0 Å². The Bertz CT molecular complexity index is 416. The topological polar surface area (TPSA) is 12.4 Å². The fraction of sp³-hybridized carbons (Fsp3) is 0.375. The van der Waals surface area contributed by atoms with Gasteiger partial charge in [0.1, 0.15) is 5.69 Å². The molecule has 0 atom stereocenters. The molecule has 13 heavy (non-hydrogen) atoms. The van der Waals surface area contributed by atoms with Crippen LogP contribution in [0.1, 0.15) is 18.9 Å². The number of hydrogen-bond acceptors (Lipinski definition) is 2. The summed E-state index contributed by atoms with van der Waals surface area (Å²) in [6.07, 6.45) is 2.16. The van der Waals surface area contributed by atoms with Crippen molar-refractivity contribution < 1.29 is 0 Å². The van der Waals surface area contributed by atoms with Crippen molar-refractivity contribution in [1.29, 1.82) is 0 Å². The SMILES string of the molecule is CCC1=S=Nc2c(Br)sc(Br)c2C1. The van der Waals surface area contributed by atoms with E-state index in [2.05, 4.69) is 43.1 Å². The van der Waals surface area contributed by atoms with Crippen LogP contribution in [-0.2, 0) is 17.6 Å². The summed E-state index contributed by atoms with van der Waals surface area (Å²) >= 11 is 10.4. The first kappa shape index (κ1) is 10.1. The Hall–Kier alpha value is 0.550. The minimum atomic E-state index is 1.06. The van der Waals surface area contributed by atoms with E-state index < -0.39 is 0 Å². The fourth-order valence-corrected chi connectivity index (χ4v) is 5.10. The number of halogens is 2. The second-order valence-corrected chi connectivity index (χ2v) is 7.33. The van der Waals surface area contributed by atoms with Crippen LogP contribution in [0.15, 0.2) is 11.9 Å². The molecule has 0 saturated heterocycles. The number of nitrogens with zero attached hydrogens (tertiary/aromatic N) is 1. The molecule has 0 radical (unpaired) electrons. The van der Waals surface area contributed by atoms with E-state index in [1.807, 2.05) is 0 Å². The van der Waals surface area contributed by atoms with Gasteiger partial charge < -0.3 is 0 Å². The number of hydrogen-bond donors (Lipinski definition) is 0. The van der Waals surface area contributed by atoms with Gasteiger partial charge in [0.2, 0.25) is 0 Å². The Morgan fingerprint density at radius 2 is 2.15 bits per heavy atom. The zero-order valence-electron chi connectivity index (χ0n) is 6.93. The molecule has 0 bridgehead atoms. The minimum Gasteiger partial charge on any atom is -0.191 e. The molecule has 0 aromatic carbocycles. The minimum absolute atomic E-state index is 1.06. The Balaban J connectivity index is 2.54. The molecule has 70 valence electrons. The second-order valence-electron chi connectivity index (χ2n) is 2.73. The van der Waals surface area contributed by atoms with Gasteiger partial charge in [-0.1, -0.05) is 6.92 Å². The first-order valence-corrected chi connectivity index (χ1v) is 7.09. The molecule has 2 rings (SSSR count). The standard InChI is InChI=1S/C8H7Br2NS2/c1-2-4-3-5-6(11-13-4)8(10)12-7(5)9/h2-3H2,1H3. The van der Waals surface area contributed by atoms with Crippen molar-refractivity contribution in [3.05, 3.63) is 13.1 Å². The summed E-state index contributed by atoms with van der Waals surface area (Å²) < 4.78 is 6.83.